The highest BCUT2D eigenvalue weighted by molar-refractivity contribution is 5.96. The molecule has 2 aromatic rings. The van der Waals surface area contributed by atoms with Crippen molar-refractivity contribution in [3.05, 3.63) is 36.2 Å². The van der Waals surface area contributed by atoms with E-state index in [1.54, 1.807) is 23.2 Å². The Kier molecular flexibility index (Phi) is 5.81. The maximum absolute atomic E-state index is 12.2. The molecule has 1 saturated heterocycles. The van der Waals surface area contributed by atoms with Gasteiger partial charge in [0.25, 0.3) is 0 Å². The summed E-state index contributed by atoms with van der Waals surface area (Å²) in [6, 6.07) is 5.45. The van der Waals surface area contributed by atoms with E-state index in [1.165, 1.54) is 7.11 Å². The number of hydrogen-bond acceptors (Lipinski definition) is 6. The van der Waals surface area contributed by atoms with Crippen LogP contribution >= 0.6 is 0 Å². The molecule has 3 rings (SSSR count). The molecule has 1 aliphatic heterocycles. The second kappa shape index (κ2) is 8.14. The van der Waals surface area contributed by atoms with Gasteiger partial charge in [0.1, 0.15) is 5.60 Å². The minimum Gasteiger partial charge on any atom is -0.465 e. The normalized spacial score (nSPS) is 15.2. The van der Waals surface area contributed by atoms with E-state index < -0.39 is 11.6 Å². The zero-order valence-corrected chi connectivity index (χ0v) is 17.3. The zero-order chi connectivity index (χ0) is 21.2. The monoisotopic (exact) mass is 400 g/mol. The highest BCUT2D eigenvalue weighted by Crippen LogP contribution is 2.28. The first kappa shape index (κ1) is 20.7. The second-order valence-corrected chi connectivity index (χ2v) is 8.20. The Balaban J connectivity index is 1.65. The van der Waals surface area contributed by atoms with Gasteiger partial charge in [-0.3, -0.25) is 4.68 Å². The summed E-state index contributed by atoms with van der Waals surface area (Å²) in [4.78, 5) is 25.6. The Morgan fingerprint density at radius 3 is 2.45 bits per heavy atom. The van der Waals surface area contributed by atoms with Crippen molar-refractivity contribution in [2.45, 2.75) is 45.3 Å². The van der Waals surface area contributed by atoms with Crippen LogP contribution in [0.25, 0.3) is 11.1 Å². The number of amides is 1. The number of methoxy groups -OCH3 is 1. The number of anilines is 1. The summed E-state index contributed by atoms with van der Waals surface area (Å²) in [6.07, 6.45) is 5.11. The number of carbonyl (C=O) groups is 2. The van der Waals surface area contributed by atoms with E-state index in [4.69, 9.17) is 15.2 Å². The van der Waals surface area contributed by atoms with Gasteiger partial charge in [0.2, 0.25) is 0 Å². The predicted octanol–water partition coefficient (Wildman–Crippen LogP) is 3.49. The van der Waals surface area contributed by atoms with E-state index in [2.05, 4.69) is 5.10 Å². The molecule has 1 aliphatic rings. The fourth-order valence-corrected chi connectivity index (χ4v) is 3.36. The van der Waals surface area contributed by atoms with Gasteiger partial charge in [-0.15, -0.1) is 0 Å². The van der Waals surface area contributed by atoms with Gasteiger partial charge in [0.15, 0.2) is 0 Å². The summed E-state index contributed by atoms with van der Waals surface area (Å²) in [7, 11) is 1.33. The van der Waals surface area contributed by atoms with Crippen molar-refractivity contribution in [2.75, 3.05) is 25.9 Å². The molecular formula is C21H28N4O4. The first-order chi connectivity index (χ1) is 13.7. The van der Waals surface area contributed by atoms with Crippen LogP contribution in [0, 0.1) is 0 Å². The quantitative estimate of drug-likeness (QED) is 0.625. The average molecular weight is 400 g/mol. The maximum Gasteiger partial charge on any atom is 0.410 e. The van der Waals surface area contributed by atoms with E-state index in [0.29, 0.717) is 24.3 Å². The molecule has 0 unspecified atom stereocenters. The van der Waals surface area contributed by atoms with E-state index in [-0.39, 0.29) is 12.1 Å². The molecular weight excluding hydrogens is 372 g/mol. The van der Waals surface area contributed by atoms with Gasteiger partial charge >= 0.3 is 12.1 Å². The molecule has 8 nitrogen and oxygen atoms in total. The Morgan fingerprint density at radius 1 is 1.17 bits per heavy atom. The minimum atomic E-state index is -0.490. The van der Waals surface area contributed by atoms with Gasteiger partial charge in [0, 0.05) is 30.5 Å². The number of esters is 1. The lowest BCUT2D eigenvalue weighted by molar-refractivity contribution is 0.0184. The Bertz CT molecular complexity index is 892. The van der Waals surface area contributed by atoms with Crippen LogP contribution in [-0.2, 0) is 9.47 Å². The number of hydrogen-bond donors (Lipinski definition) is 1. The summed E-state index contributed by atoms with van der Waals surface area (Å²) < 4.78 is 12.1. The number of nitrogens with two attached hydrogens (primary N) is 1. The Labute approximate surface area is 170 Å². The largest absolute Gasteiger partial charge is 0.465 e. The number of ether oxygens (including phenoxy) is 2. The van der Waals surface area contributed by atoms with Gasteiger partial charge in [0.05, 0.1) is 24.9 Å². The fourth-order valence-electron chi connectivity index (χ4n) is 3.36. The number of aromatic nitrogens is 2. The zero-order valence-electron chi connectivity index (χ0n) is 17.3. The van der Waals surface area contributed by atoms with E-state index >= 15 is 0 Å². The molecule has 8 heteroatoms. The van der Waals surface area contributed by atoms with Crippen molar-refractivity contribution in [2.24, 2.45) is 0 Å². The predicted molar refractivity (Wildman–Crippen MR) is 109 cm³/mol. The van der Waals surface area contributed by atoms with Crippen molar-refractivity contribution in [1.29, 1.82) is 0 Å². The number of likely N-dealkylation sites (tertiary alicyclic amines) is 1. The molecule has 0 bridgehead atoms. The topological polar surface area (TPSA) is 99.7 Å². The first-order valence-electron chi connectivity index (χ1n) is 9.68. The smallest absolute Gasteiger partial charge is 0.410 e. The number of nitrogens with zero attached hydrogens (tertiary/aromatic N) is 3. The third-order valence-corrected chi connectivity index (χ3v) is 4.88. The van der Waals surface area contributed by atoms with Crippen LogP contribution in [-0.4, -0.2) is 52.5 Å². The van der Waals surface area contributed by atoms with Crippen LogP contribution in [0.1, 0.15) is 50.0 Å². The van der Waals surface area contributed by atoms with Gasteiger partial charge in [-0.2, -0.15) is 5.10 Å². The lowest BCUT2D eigenvalue weighted by Crippen LogP contribution is -2.42. The lowest BCUT2D eigenvalue weighted by atomic mass is 10.0. The molecule has 1 amide bonds. The standard InChI is InChI=1S/C21H28N4O4/c1-21(2,3)29-20(27)24-9-7-16(8-10-24)25-13-15(12-23-25)14-5-6-17(18(22)11-14)19(26)28-4/h5-6,11-13,16H,7-10,22H2,1-4H3. The van der Waals surface area contributed by atoms with Gasteiger partial charge in [-0.25, -0.2) is 9.59 Å². The van der Waals surface area contributed by atoms with Crippen molar-refractivity contribution in [3.63, 3.8) is 0 Å². The number of benzene rings is 1. The second-order valence-electron chi connectivity index (χ2n) is 8.20. The lowest BCUT2D eigenvalue weighted by Gasteiger charge is -2.33. The number of nitrogen functional groups attached to an aromatic ring is 1. The van der Waals surface area contributed by atoms with Crippen LogP contribution in [0.3, 0.4) is 0 Å². The summed E-state index contributed by atoms with van der Waals surface area (Å²) >= 11 is 0. The molecule has 1 aromatic heterocycles. The summed E-state index contributed by atoms with van der Waals surface area (Å²) in [5, 5.41) is 4.50. The van der Waals surface area contributed by atoms with Crippen LogP contribution in [0.2, 0.25) is 0 Å². The molecule has 0 radical (unpaired) electrons. The van der Waals surface area contributed by atoms with E-state index in [0.717, 1.165) is 24.0 Å². The molecule has 0 spiro atoms. The van der Waals surface area contributed by atoms with Crippen LogP contribution in [0.15, 0.2) is 30.6 Å². The van der Waals surface area contributed by atoms with Gasteiger partial charge < -0.3 is 20.1 Å². The molecule has 2 heterocycles. The third kappa shape index (κ3) is 4.88. The van der Waals surface area contributed by atoms with Crippen LogP contribution < -0.4 is 5.73 Å². The number of rotatable bonds is 3. The van der Waals surface area contributed by atoms with Crippen molar-refractivity contribution < 1.29 is 19.1 Å². The van der Waals surface area contributed by atoms with Gasteiger partial charge in [-0.05, 0) is 51.3 Å². The molecule has 1 aromatic carbocycles. The van der Waals surface area contributed by atoms with Crippen LogP contribution in [0.5, 0.6) is 0 Å². The fraction of sp³-hybridized carbons (Fsp3) is 0.476. The summed E-state index contributed by atoms with van der Waals surface area (Å²) in [5.74, 6) is -0.457. The molecule has 0 aliphatic carbocycles. The van der Waals surface area contributed by atoms with Crippen LogP contribution in [0.4, 0.5) is 10.5 Å². The summed E-state index contributed by atoms with van der Waals surface area (Å²) in [5.41, 5.74) is 8.02. The highest BCUT2D eigenvalue weighted by atomic mass is 16.6. The number of piperidine rings is 1. The van der Waals surface area contributed by atoms with E-state index in [1.807, 2.05) is 37.7 Å². The molecule has 2 N–H and O–H groups in total. The van der Waals surface area contributed by atoms with Crippen molar-refractivity contribution >= 4 is 17.7 Å². The average Bonchev–Trinajstić information content (AvgIpc) is 3.16. The molecule has 0 saturated carbocycles. The Morgan fingerprint density at radius 2 is 1.86 bits per heavy atom. The molecule has 156 valence electrons. The number of carbonyl (C=O) groups excluding carboxylic acids is 2. The molecule has 0 atom stereocenters. The van der Waals surface area contributed by atoms with Gasteiger partial charge in [-0.1, -0.05) is 6.07 Å². The Hall–Kier alpha value is -3.03. The van der Waals surface area contributed by atoms with Crippen molar-refractivity contribution in [1.82, 2.24) is 14.7 Å². The molecule has 1 fully saturated rings. The summed E-state index contributed by atoms with van der Waals surface area (Å²) in [6.45, 7) is 6.87. The highest BCUT2D eigenvalue weighted by Gasteiger charge is 2.28. The maximum atomic E-state index is 12.2. The van der Waals surface area contributed by atoms with Crippen molar-refractivity contribution in [3.8, 4) is 11.1 Å². The van der Waals surface area contributed by atoms with E-state index in [9.17, 15) is 9.59 Å². The minimum absolute atomic E-state index is 0.217. The molecule has 29 heavy (non-hydrogen) atoms. The third-order valence-electron chi connectivity index (χ3n) is 4.88. The SMILES string of the molecule is COC(=O)c1ccc(-c2cnn(C3CCN(C(=O)OC(C)(C)C)CC3)c2)cc1N. The first-order valence-corrected chi connectivity index (χ1v) is 9.68.